The summed E-state index contributed by atoms with van der Waals surface area (Å²) in [4.78, 5) is 0. The quantitative estimate of drug-likeness (QED) is 0.677. The number of rotatable bonds is 3. The van der Waals surface area contributed by atoms with E-state index < -0.39 is 0 Å². The normalized spacial score (nSPS) is 10.9. The molecule has 5 heteroatoms. The number of aromatic nitrogens is 3. The van der Waals surface area contributed by atoms with Crippen molar-refractivity contribution in [1.29, 1.82) is 0 Å². The molecule has 0 bridgehead atoms. The first-order valence-corrected chi connectivity index (χ1v) is 6.49. The Bertz CT molecular complexity index is 681. The van der Waals surface area contributed by atoms with Gasteiger partial charge in [-0.2, -0.15) is 0 Å². The predicted octanol–water partition coefficient (Wildman–Crippen LogP) is 3.16. The maximum atomic E-state index is 13.5. The zero-order valence-corrected chi connectivity index (χ0v) is 10.3. The smallest absolute Gasteiger partial charge is 0.195 e. The molecule has 3 nitrogen and oxygen atoms in total. The van der Waals surface area contributed by atoms with E-state index in [-0.39, 0.29) is 5.82 Å². The van der Waals surface area contributed by atoms with E-state index in [1.165, 1.54) is 17.8 Å². The highest BCUT2D eigenvalue weighted by molar-refractivity contribution is 7.98. The maximum absolute atomic E-state index is 13.5. The minimum Gasteiger partial charge on any atom is -0.277 e. The molecule has 2 heterocycles. The van der Waals surface area contributed by atoms with Crippen LogP contribution in [-0.4, -0.2) is 14.6 Å². The summed E-state index contributed by atoms with van der Waals surface area (Å²) in [7, 11) is 0. The minimum atomic E-state index is -0.182. The molecule has 3 rings (SSSR count). The van der Waals surface area contributed by atoms with Crippen LogP contribution in [0.4, 0.5) is 4.39 Å². The van der Waals surface area contributed by atoms with Gasteiger partial charge in [0.2, 0.25) is 0 Å². The lowest BCUT2D eigenvalue weighted by Gasteiger charge is -2.01. The fraction of sp³-hybridized carbons (Fsp3) is 0.0769. The van der Waals surface area contributed by atoms with Crippen LogP contribution in [0, 0.1) is 5.82 Å². The summed E-state index contributed by atoms with van der Waals surface area (Å²) in [6.45, 7) is 0. The van der Waals surface area contributed by atoms with Crippen molar-refractivity contribution in [1.82, 2.24) is 14.6 Å². The Kier molecular flexibility index (Phi) is 2.98. The van der Waals surface area contributed by atoms with Crippen LogP contribution >= 0.6 is 11.8 Å². The van der Waals surface area contributed by atoms with Crippen LogP contribution in [0.15, 0.2) is 53.8 Å². The third-order valence-corrected chi connectivity index (χ3v) is 3.59. The van der Waals surface area contributed by atoms with Crippen molar-refractivity contribution >= 4 is 17.4 Å². The SMILES string of the molecule is Fc1ccccc1CSc1nnc2ccccn12. The zero-order chi connectivity index (χ0) is 12.4. The minimum absolute atomic E-state index is 0.182. The van der Waals surface area contributed by atoms with Crippen molar-refractivity contribution in [2.75, 3.05) is 0 Å². The number of thioether (sulfide) groups is 1. The van der Waals surface area contributed by atoms with Crippen LogP contribution in [0.3, 0.4) is 0 Å². The summed E-state index contributed by atoms with van der Waals surface area (Å²) >= 11 is 1.47. The van der Waals surface area contributed by atoms with Crippen LogP contribution in [0.25, 0.3) is 5.65 Å². The molecule has 0 aliphatic carbocycles. The molecule has 0 spiro atoms. The van der Waals surface area contributed by atoms with Crippen LogP contribution < -0.4 is 0 Å². The monoisotopic (exact) mass is 259 g/mol. The fourth-order valence-corrected chi connectivity index (χ4v) is 2.59. The molecule has 0 fully saturated rings. The Labute approximate surface area is 108 Å². The fourth-order valence-electron chi connectivity index (χ4n) is 1.68. The van der Waals surface area contributed by atoms with E-state index in [0.717, 1.165) is 10.8 Å². The van der Waals surface area contributed by atoms with Crippen molar-refractivity contribution in [3.05, 3.63) is 60.0 Å². The molecule has 18 heavy (non-hydrogen) atoms. The van der Waals surface area contributed by atoms with Gasteiger partial charge in [-0.15, -0.1) is 10.2 Å². The molecule has 3 aromatic rings. The van der Waals surface area contributed by atoms with Crippen LogP contribution in [-0.2, 0) is 5.75 Å². The zero-order valence-electron chi connectivity index (χ0n) is 9.45. The van der Waals surface area contributed by atoms with E-state index in [2.05, 4.69) is 10.2 Å². The number of benzene rings is 1. The lowest BCUT2D eigenvalue weighted by atomic mass is 10.2. The van der Waals surface area contributed by atoms with Crippen LogP contribution in [0.5, 0.6) is 0 Å². The molecule has 0 radical (unpaired) electrons. The average Bonchev–Trinajstić information content (AvgIpc) is 2.81. The third kappa shape index (κ3) is 2.09. The van der Waals surface area contributed by atoms with Crippen molar-refractivity contribution in [3.63, 3.8) is 0 Å². The first kappa shape index (κ1) is 11.2. The van der Waals surface area contributed by atoms with Gasteiger partial charge in [-0.25, -0.2) is 4.39 Å². The lowest BCUT2D eigenvalue weighted by Crippen LogP contribution is -1.90. The molecular weight excluding hydrogens is 249 g/mol. The summed E-state index contributed by atoms with van der Waals surface area (Å²) < 4.78 is 15.4. The van der Waals surface area contributed by atoms with E-state index >= 15 is 0 Å². The number of halogens is 1. The van der Waals surface area contributed by atoms with E-state index in [9.17, 15) is 4.39 Å². The Morgan fingerprint density at radius 1 is 1.06 bits per heavy atom. The Balaban J connectivity index is 1.83. The third-order valence-electron chi connectivity index (χ3n) is 2.60. The highest BCUT2D eigenvalue weighted by atomic mass is 32.2. The summed E-state index contributed by atoms with van der Waals surface area (Å²) in [6, 6.07) is 12.5. The van der Waals surface area contributed by atoms with E-state index in [1.807, 2.05) is 34.9 Å². The number of hydrogen-bond acceptors (Lipinski definition) is 3. The van der Waals surface area contributed by atoms with E-state index in [0.29, 0.717) is 11.3 Å². The predicted molar refractivity (Wildman–Crippen MR) is 68.9 cm³/mol. The van der Waals surface area contributed by atoms with Gasteiger partial charge >= 0.3 is 0 Å². The molecule has 0 atom stereocenters. The molecule has 0 aliphatic heterocycles. The Morgan fingerprint density at radius 3 is 2.78 bits per heavy atom. The van der Waals surface area contributed by atoms with Gasteiger partial charge in [0.15, 0.2) is 10.8 Å². The standard InChI is InChI=1S/C13H10FN3S/c14-11-6-2-1-5-10(11)9-18-13-16-15-12-7-3-4-8-17(12)13/h1-8H,9H2. The molecular formula is C13H10FN3S. The van der Waals surface area contributed by atoms with Crippen LogP contribution in [0.1, 0.15) is 5.56 Å². The lowest BCUT2D eigenvalue weighted by molar-refractivity contribution is 0.617. The van der Waals surface area contributed by atoms with Gasteiger partial charge in [0, 0.05) is 11.9 Å². The number of fused-ring (bicyclic) bond motifs is 1. The summed E-state index contributed by atoms with van der Waals surface area (Å²) in [5.41, 5.74) is 1.48. The number of pyridine rings is 1. The van der Waals surface area contributed by atoms with Crippen LogP contribution in [0.2, 0.25) is 0 Å². The molecule has 0 amide bonds. The first-order chi connectivity index (χ1) is 8.84. The molecule has 1 aromatic carbocycles. The van der Waals surface area contributed by atoms with Crippen molar-refractivity contribution in [2.45, 2.75) is 10.9 Å². The van der Waals surface area contributed by atoms with Gasteiger partial charge in [0.05, 0.1) is 0 Å². The average molecular weight is 259 g/mol. The van der Waals surface area contributed by atoms with Gasteiger partial charge in [0.1, 0.15) is 5.82 Å². The molecule has 90 valence electrons. The second-order valence-electron chi connectivity index (χ2n) is 3.79. The molecule has 0 saturated carbocycles. The topological polar surface area (TPSA) is 30.2 Å². The molecule has 0 aliphatic rings. The van der Waals surface area contributed by atoms with E-state index in [1.54, 1.807) is 12.1 Å². The van der Waals surface area contributed by atoms with Crippen molar-refractivity contribution in [3.8, 4) is 0 Å². The highest BCUT2D eigenvalue weighted by Crippen LogP contribution is 2.22. The molecule has 2 aromatic heterocycles. The molecule has 0 N–H and O–H groups in total. The van der Waals surface area contributed by atoms with Gasteiger partial charge < -0.3 is 0 Å². The number of hydrogen-bond donors (Lipinski definition) is 0. The van der Waals surface area contributed by atoms with Gasteiger partial charge in [-0.3, -0.25) is 4.40 Å². The Hall–Kier alpha value is -1.88. The summed E-state index contributed by atoms with van der Waals surface area (Å²) in [5.74, 6) is 0.362. The molecule has 0 unspecified atom stereocenters. The van der Waals surface area contributed by atoms with Gasteiger partial charge in [-0.1, -0.05) is 36.0 Å². The van der Waals surface area contributed by atoms with Gasteiger partial charge in [-0.05, 0) is 23.8 Å². The highest BCUT2D eigenvalue weighted by Gasteiger charge is 2.07. The van der Waals surface area contributed by atoms with E-state index in [4.69, 9.17) is 0 Å². The molecule has 0 saturated heterocycles. The second kappa shape index (κ2) is 4.78. The first-order valence-electron chi connectivity index (χ1n) is 5.50. The maximum Gasteiger partial charge on any atom is 0.195 e. The summed E-state index contributed by atoms with van der Waals surface area (Å²) in [5, 5.41) is 8.92. The Morgan fingerprint density at radius 2 is 1.89 bits per heavy atom. The second-order valence-corrected chi connectivity index (χ2v) is 4.73. The number of nitrogens with zero attached hydrogens (tertiary/aromatic N) is 3. The summed E-state index contributed by atoms with van der Waals surface area (Å²) in [6.07, 6.45) is 1.90. The van der Waals surface area contributed by atoms with Crippen molar-refractivity contribution in [2.24, 2.45) is 0 Å². The largest absolute Gasteiger partial charge is 0.277 e. The van der Waals surface area contributed by atoms with Gasteiger partial charge in [0.25, 0.3) is 0 Å². The van der Waals surface area contributed by atoms with Crippen molar-refractivity contribution < 1.29 is 4.39 Å².